The summed E-state index contributed by atoms with van der Waals surface area (Å²) in [5.41, 5.74) is 0. The fourth-order valence-electron chi connectivity index (χ4n) is 4.24. The number of aliphatic hydroxyl groups is 2. The summed E-state index contributed by atoms with van der Waals surface area (Å²) in [7, 11) is -2.76. The maximum Gasteiger partial charge on any atom is 1.00 e. The molecule has 0 rings (SSSR count). The van der Waals surface area contributed by atoms with Gasteiger partial charge in [-0.3, -0.25) is 4.79 Å². The number of nitrogens with zero attached hydrogens (tertiary/aromatic N) is 1. The van der Waals surface area contributed by atoms with Gasteiger partial charge in [0.05, 0.1) is 42.6 Å². The molecular formula is C26H52N2NaO6S+. The number of amides is 1. The molecule has 0 aliphatic carbocycles. The first-order valence-corrected chi connectivity index (χ1v) is 15.2. The van der Waals surface area contributed by atoms with Gasteiger partial charge in [0.2, 0.25) is 5.91 Å². The number of hydrogen-bond acceptors (Lipinski definition) is 6. The Balaban J connectivity index is 0. The summed E-state index contributed by atoms with van der Waals surface area (Å²) in [6.45, 7) is 3.20. The number of carbonyl (C=O) groups excluding carboxylic acids is 1. The monoisotopic (exact) mass is 543 g/mol. The molecule has 0 heterocycles. The molecule has 8 nitrogen and oxygen atoms in total. The fraction of sp³-hybridized carbons (Fsp3) is 0.885. The van der Waals surface area contributed by atoms with Gasteiger partial charge in [0.25, 0.3) is 0 Å². The smallest absolute Gasteiger partial charge is 0.748 e. The molecule has 0 fully saturated rings. The Bertz CT molecular complexity index is 663. The zero-order chi connectivity index (χ0) is 26.4. The Morgan fingerprint density at radius 1 is 0.944 bits per heavy atom. The molecule has 0 aromatic carbocycles. The molecule has 0 saturated carbocycles. The van der Waals surface area contributed by atoms with Crippen molar-refractivity contribution in [2.45, 2.75) is 103 Å². The molecule has 10 heteroatoms. The minimum absolute atomic E-state index is 0. The van der Waals surface area contributed by atoms with Crippen molar-refractivity contribution < 1.29 is 62.0 Å². The van der Waals surface area contributed by atoms with Crippen molar-refractivity contribution in [3.63, 3.8) is 0 Å². The van der Waals surface area contributed by atoms with Crippen LogP contribution in [-0.2, 0) is 14.9 Å². The quantitative estimate of drug-likeness (QED) is 0.0535. The first-order chi connectivity index (χ1) is 16.6. The van der Waals surface area contributed by atoms with Crippen LogP contribution in [0.2, 0.25) is 0 Å². The van der Waals surface area contributed by atoms with Gasteiger partial charge in [-0.2, -0.15) is 0 Å². The van der Waals surface area contributed by atoms with Gasteiger partial charge < -0.3 is 24.6 Å². The van der Waals surface area contributed by atoms with Crippen molar-refractivity contribution >= 4 is 16.0 Å². The first-order valence-electron chi connectivity index (χ1n) is 13.6. The fourth-order valence-corrected chi connectivity index (χ4v) is 4.82. The van der Waals surface area contributed by atoms with Crippen LogP contribution in [0.5, 0.6) is 0 Å². The predicted molar refractivity (Wildman–Crippen MR) is 141 cm³/mol. The number of likely N-dealkylation sites (N-methyl/N-ethyl adjacent to an activating group) is 1. The number of quaternary nitrogens is 1. The molecule has 0 aromatic rings. The molecule has 1 amide bonds. The summed E-state index contributed by atoms with van der Waals surface area (Å²) in [6, 6.07) is 0. The van der Waals surface area contributed by atoms with Crippen molar-refractivity contribution in [1.29, 1.82) is 0 Å². The zero-order valence-corrected chi connectivity index (χ0v) is 26.1. The van der Waals surface area contributed by atoms with Crippen molar-refractivity contribution in [1.82, 2.24) is 5.32 Å². The Morgan fingerprint density at radius 3 is 2.00 bits per heavy atom. The minimum atomic E-state index is -4.52. The van der Waals surface area contributed by atoms with Crippen molar-refractivity contribution in [2.24, 2.45) is 0 Å². The standard InChI is InChI=1S/C26H52N2O6S.Na/c1-3-4-5-6-7-8-9-10-11-12-13-14-15-16-17-18-26(31)27-19-20-28(2,21-22-29)23-25(30)24-35(32,33)34;/h10-11,25,29-30H,3-9,12-24H2,1-2H3,(H-,27,31,32,33,34);/q;+1/b11-10+;. The number of allylic oxidation sites excluding steroid dienone is 2. The molecule has 0 radical (unpaired) electrons. The second-order valence-corrected chi connectivity index (χ2v) is 11.5. The summed E-state index contributed by atoms with van der Waals surface area (Å²) in [6.07, 6.45) is 19.6. The van der Waals surface area contributed by atoms with E-state index in [1.807, 2.05) is 0 Å². The summed E-state index contributed by atoms with van der Waals surface area (Å²) in [5, 5.41) is 22.0. The molecule has 0 aliphatic heterocycles. The number of hydrogen-bond donors (Lipinski definition) is 3. The molecule has 0 spiro atoms. The second kappa shape index (κ2) is 24.1. The van der Waals surface area contributed by atoms with Crippen LogP contribution in [-0.4, -0.2) is 85.3 Å². The average Bonchev–Trinajstić information content (AvgIpc) is 2.75. The van der Waals surface area contributed by atoms with Gasteiger partial charge in [0.15, 0.2) is 0 Å². The van der Waals surface area contributed by atoms with Crippen LogP contribution >= 0.6 is 0 Å². The molecule has 0 aliphatic rings. The Morgan fingerprint density at radius 2 is 1.47 bits per heavy atom. The van der Waals surface area contributed by atoms with E-state index >= 15 is 0 Å². The van der Waals surface area contributed by atoms with E-state index in [0.717, 1.165) is 25.7 Å². The van der Waals surface area contributed by atoms with Gasteiger partial charge >= 0.3 is 29.6 Å². The number of unbranched alkanes of at least 4 members (excludes halogenated alkanes) is 11. The van der Waals surface area contributed by atoms with E-state index in [1.165, 1.54) is 57.8 Å². The van der Waals surface area contributed by atoms with Gasteiger partial charge in [-0.25, -0.2) is 8.42 Å². The predicted octanol–water partition coefficient (Wildman–Crippen LogP) is 0.489. The first kappa shape index (κ1) is 38.1. The van der Waals surface area contributed by atoms with E-state index in [0.29, 0.717) is 26.1 Å². The van der Waals surface area contributed by atoms with Crippen LogP contribution in [0.4, 0.5) is 0 Å². The van der Waals surface area contributed by atoms with E-state index in [4.69, 9.17) is 0 Å². The number of aliphatic hydroxyl groups excluding tert-OH is 2. The normalized spacial score (nSPS) is 14.4. The van der Waals surface area contributed by atoms with Crippen molar-refractivity contribution in [3.05, 3.63) is 12.2 Å². The van der Waals surface area contributed by atoms with Gasteiger partial charge in [-0.05, 0) is 32.1 Å². The SMILES string of the molecule is CCCCCCCC/C=C/CCCCCCCC(=O)NCC[N+](C)(CCO)CC(O)CS(=O)(=O)[O-].[Na+]. The Kier molecular flexibility index (Phi) is 25.5. The van der Waals surface area contributed by atoms with E-state index < -0.39 is 22.0 Å². The molecule has 2 unspecified atom stereocenters. The van der Waals surface area contributed by atoms with Gasteiger partial charge in [0.1, 0.15) is 19.2 Å². The van der Waals surface area contributed by atoms with Gasteiger partial charge in [0, 0.05) is 6.42 Å². The average molecular weight is 544 g/mol. The number of nitrogens with one attached hydrogen (secondary N) is 1. The molecule has 0 aromatic heterocycles. The summed E-state index contributed by atoms with van der Waals surface area (Å²) < 4.78 is 32.7. The van der Waals surface area contributed by atoms with Crippen LogP contribution < -0.4 is 34.9 Å². The van der Waals surface area contributed by atoms with E-state index in [1.54, 1.807) is 7.05 Å². The molecule has 0 saturated heterocycles. The maximum absolute atomic E-state index is 12.1. The molecule has 2 atom stereocenters. The van der Waals surface area contributed by atoms with Crippen LogP contribution in [0.3, 0.4) is 0 Å². The zero-order valence-electron chi connectivity index (χ0n) is 23.3. The Hall–Kier alpha value is -0.000000000000000222. The van der Waals surface area contributed by atoms with Gasteiger partial charge in [-0.1, -0.05) is 70.4 Å². The van der Waals surface area contributed by atoms with Crippen LogP contribution in [0.1, 0.15) is 96.8 Å². The largest absolute Gasteiger partial charge is 1.00 e. The second-order valence-electron chi connectivity index (χ2n) is 10.0. The molecule has 3 N–H and O–H groups in total. The number of rotatable bonds is 24. The van der Waals surface area contributed by atoms with Crippen LogP contribution in [0.15, 0.2) is 12.2 Å². The minimum Gasteiger partial charge on any atom is -0.748 e. The maximum atomic E-state index is 12.1. The van der Waals surface area contributed by atoms with E-state index in [-0.39, 0.29) is 53.1 Å². The van der Waals surface area contributed by atoms with E-state index in [9.17, 15) is 28.0 Å². The summed E-state index contributed by atoms with van der Waals surface area (Å²) in [4.78, 5) is 12.1. The molecule has 0 bridgehead atoms. The van der Waals surface area contributed by atoms with E-state index in [2.05, 4.69) is 24.4 Å². The molecular weight excluding hydrogens is 491 g/mol. The van der Waals surface area contributed by atoms with Crippen LogP contribution in [0.25, 0.3) is 0 Å². The topological polar surface area (TPSA) is 127 Å². The van der Waals surface area contributed by atoms with Crippen molar-refractivity contribution in [3.8, 4) is 0 Å². The Labute approximate surface area is 242 Å². The third-order valence-corrected chi connectivity index (χ3v) is 7.12. The van der Waals surface area contributed by atoms with Crippen LogP contribution in [0, 0.1) is 0 Å². The van der Waals surface area contributed by atoms with Crippen molar-refractivity contribution in [2.75, 3.05) is 45.6 Å². The molecule has 36 heavy (non-hydrogen) atoms. The molecule has 208 valence electrons. The number of carbonyl (C=O) groups is 1. The van der Waals surface area contributed by atoms with Gasteiger partial charge in [-0.15, -0.1) is 0 Å². The third kappa shape index (κ3) is 25.6. The summed E-state index contributed by atoms with van der Waals surface area (Å²) >= 11 is 0. The third-order valence-electron chi connectivity index (χ3n) is 6.33. The summed E-state index contributed by atoms with van der Waals surface area (Å²) in [5.74, 6) is -0.880.